The molecule has 0 saturated heterocycles. The van der Waals surface area contributed by atoms with Gasteiger partial charge in [0, 0.05) is 6.42 Å². The highest BCUT2D eigenvalue weighted by Crippen LogP contribution is 2.36. The lowest BCUT2D eigenvalue weighted by molar-refractivity contribution is -0.153. The Bertz CT molecular complexity index is 739. The summed E-state index contributed by atoms with van der Waals surface area (Å²) in [7, 11) is -4.66. The minimum atomic E-state index is -4.66. The molecule has 0 unspecified atom stereocenters. The van der Waals surface area contributed by atoms with Gasteiger partial charge in [-0.1, -0.05) is 194 Å². The van der Waals surface area contributed by atoms with Crippen LogP contribution in [-0.2, 0) is 23.4 Å². The summed E-state index contributed by atoms with van der Waals surface area (Å²) in [5.74, 6) is -0.381. The Morgan fingerprint density at radius 2 is 0.896 bits per heavy atom. The molecule has 2 N–H and O–H groups in total. The molecule has 0 heterocycles. The van der Waals surface area contributed by atoms with E-state index in [-0.39, 0.29) is 12.6 Å². The highest BCUT2D eigenvalue weighted by atomic mass is 31.2. The molecular weight excluding hydrogens is 623 g/mol. The van der Waals surface area contributed by atoms with E-state index < -0.39 is 20.5 Å². The first-order chi connectivity index (χ1) is 23.4. The van der Waals surface area contributed by atoms with E-state index in [0.717, 1.165) is 32.1 Å². The van der Waals surface area contributed by atoms with Crippen molar-refractivity contribution in [3.8, 4) is 0 Å². The number of ether oxygens (including phenoxy) is 2. The van der Waals surface area contributed by atoms with E-state index in [4.69, 9.17) is 19.3 Å². The number of carbonyl (C=O) groups excluding carboxylic acids is 1. The van der Waals surface area contributed by atoms with Gasteiger partial charge >= 0.3 is 13.8 Å². The zero-order valence-corrected chi connectivity index (χ0v) is 32.6. The summed E-state index contributed by atoms with van der Waals surface area (Å²) in [5, 5.41) is 0. The van der Waals surface area contributed by atoms with Crippen LogP contribution >= 0.6 is 7.82 Å². The van der Waals surface area contributed by atoms with Crippen molar-refractivity contribution in [2.45, 2.75) is 225 Å². The zero-order valence-electron chi connectivity index (χ0n) is 31.7. The van der Waals surface area contributed by atoms with Gasteiger partial charge < -0.3 is 19.3 Å². The van der Waals surface area contributed by atoms with E-state index in [1.54, 1.807) is 6.26 Å². The number of allylic oxidation sites excluding steroid dienone is 1. The second-order valence-corrected chi connectivity index (χ2v) is 15.3. The maximum atomic E-state index is 12.4. The first-order valence-electron chi connectivity index (χ1n) is 20.5. The Morgan fingerprint density at radius 3 is 1.27 bits per heavy atom. The lowest BCUT2D eigenvalue weighted by Crippen LogP contribution is -2.27. The number of phosphoric ester groups is 1. The lowest BCUT2D eigenvalue weighted by atomic mass is 10.0. The molecule has 7 nitrogen and oxygen atoms in total. The van der Waals surface area contributed by atoms with Crippen LogP contribution < -0.4 is 0 Å². The third-order valence-electron chi connectivity index (χ3n) is 9.16. The van der Waals surface area contributed by atoms with Crippen LogP contribution in [0, 0.1) is 0 Å². The molecule has 0 radical (unpaired) electrons. The maximum absolute atomic E-state index is 12.4. The molecule has 0 spiro atoms. The van der Waals surface area contributed by atoms with Crippen LogP contribution in [0.2, 0.25) is 0 Å². The maximum Gasteiger partial charge on any atom is 0.469 e. The highest BCUT2D eigenvalue weighted by molar-refractivity contribution is 7.46. The predicted octanol–water partition coefficient (Wildman–Crippen LogP) is 13.1. The second-order valence-electron chi connectivity index (χ2n) is 14.0. The fourth-order valence-corrected chi connectivity index (χ4v) is 6.47. The van der Waals surface area contributed by atoms with Gasteiger partial charge in [-0.15, -0.1) is 0 Å². The van der Waals surface area contributed by atoms with Crippen molar-refractivity contribution in [1.29, 1.82) is 0 Å². The molecule has 0 rings (SSSR count). The third kappa shape index (κ3) is 39.6. The molecule has 0 aliphatic carbocycles. The van der Waals surface area contributed by atoms with Gasteiger partial charge in [0.25, 0.3) is 0 Å². The minimum Gasteiger partial charge on any atom is -0.498 e. The van der Waals surface area contributed by atoms with Crippen molar-refractivity contribution >= 4 is 13.8 Å². The average Bonchev–Trinajstić information content (AvgIpc) is 3.06. The molecule has 0 aliphatic heterocycles. The van der Waals surface area contributed by atoms with Crippen LogP contribution in [-0.4, -0.2) is 35.1 Å². The summed E-state index contributed by atoms with van der Waals surface area (Å²) in [6.07, 6.45) is 43.0. The Morgan fingerprint density at radius 1 is 0.542 bits per heavy atom. The molecule has 0 saturated carbocycles. The number of hydrogen-bond donors (Lipinski definition) is 2. The molecule has 0 aromatic heterocycles. The van der Waals surface area contributed by atoms with E-state index in [2.05, 4.69) is 18.4 Å². The monoisotopic (exact) mass is 703 g/mol. The van der Waals surface area contributed by atoms with Crippen molar-refractivity contribution in [2.75, 3.05) is 13.2 Å². The van der Waals surface area contributed by atoms with Crippen LogP contribution in [0.3, 0.4) is 0 Å². The molecule has 0 aliphatic rings. The molecule has 0 amide bonds. The molecule has 0 fully saturated rings. The fourth-order valence-electron chi connectivity index (χ4n) is 6.11. The van der Waals surface area contributed by atoms with Crippen molar-refractivity contribution in [3.63, 3.8) is 0 Å². The molecule has 0 bridgehead atoms. The Hall–Kier alpha value is -0.880. The van der Waals surface area contributed by atoms with Crippen molar-refractivity contribution in [1.82, 2.24) is 0 Å². The number of phosphoric acid groups is 1. The van der Waals surface area contributed by atoms with Crippen LogP contribution in [0.5, 0.6) is 0 Å². The molecule has 0 aromatic carbocycles. The predicted molar refractivity (Wildman–Crippen MR) is 202 cm³/mol. The minimum absolute atomic E-state index is 0.0000608. The van der Waals surface area contributed by atoms with Gasteiger partial charge in [0.15, 0.2) is 6.10 Å². The van der Waals surface area contributed by atoms with E-state index >= 15 is 0 Å². The summed E-state index contributed by atoms with van der Waals surface area (Å²) in [5.41, 5.74) is 0. The van der Waals surface area contributed by atoms with E-state index in [1.807, 2.05) is 6.08 Å². The second kappa shape index (κ2) is 37.4. The fraction of sp³-hybridized carbons (Fsp3) is 0.925. The van der Waals surface area contributed by atoms with E-state index in [1.165, 1.54) is 167 Å². The Balaban J connectivity index is 3.80. The number of esters is 1. The highest BCUT2D eigenvalue weighted by Gasteiger charge is 2.21. The summed E-state index contributed by atoms with van der Waals surface area (Å²) in [6, 6.07) is 0. The van der Waals surface area contributed by atoms with E-state index in [9.17, 15) is 9.36 Å². The number of unbranched alkanes of at least 4 members (excludes halogenated alkanes) is 29. The van der Waals surface area contributed by atoms with Crippen molar-refractivity contribution in [3.05, 3.63) is 12.3 Å². The van der Waals surface area contributed by atoms with Crippen LogP contribution in [0.25, 0.3) is 0 Å². The quantitative estimate of drug-likeness (QED) is 0.0284. The summed E-state index contributed by atoms with van der Waals surface area (Å²) >= 11 is 0. The zero-order chi connectivity index (χ0) is 35.2. The van der Waals surface area contributed by atoms with Gasteiger partial charge in [-0.05, 0) is 25.3 Å². The smallest absolute Gasteiger partial charge is 0.469 e. The van der Waals surface area contributed by atoms with Gasteiger partial charge in [-0.3, -0.25) is 9.32 Å². The van der Waals surface area contributed by atoms with Gasteiger partial charge in [0.1, 0.15) is 6.61 Å². The summed E-state index contributed by atoms with van der Waals surface area (Å²) in [4.78, 5) is 30.5. The molecule has 8 heteroatoms. The Labute approximate surface area is 297 Å². The van der Waals surface area contributed by atoms with Crippen molar-refractivity contribution in [2.24, 2.45) is 0 Å². The van der Waals surface area contributed by atoms with Crippen LogP contribution in [0.15, 0.2) is 12.3 Å². The topological polar surface area (TPSA) is 102 Å². The van der Waals surface area contributed by atoms with Gasteiger partial charge in [0.2, 0.25) is 0 Å². The molecule has 48 heavy (non-hydrogen) atoms. The number of carbonyl (C=O) groups is 1. The first-order valence-corrected chi connectivity index (χ1v) is 22.1. The third-order valence-corrected chi connectivity index (χ3v) is 9.65. The average molecular weight is 703 g/mol. The van der Waals surface area contributed by atoms with Gasteiger partial charge in [0.05, 0.1) is 12.9 Å². The first kappa shape index (κ1) is 47.1. The van der Waals surface area contributed by atoms with Crippen LogP contribution in [0.1, 0.15) is 219 Å². The van der Waals surface area contributed by atoms with Gasteiger partial charge in [-0.25, -0.2) is 4.57 Å². The Kier molecular flexibility index (Phi) is 36.7. The SMILES string of the molecule is CCCCCCCCCCCCCCCCCC/C=C\OC[C@H](COP(=O)(O)O)OC(=O)CCCCCCCCCCCCCCCC. The standard InChI is InChI=1S/C40H79O7P/c1-3-5-7-9-11-13-15-17-19-20-21-22-24-26-28-30-32-34-36-45-37-39(38-46-48(42,43)44)47-40(41)35-33-31-29-27-25-23-18-16-14-12-10-8-6-4-2/h34,36,39H,3-33,35,37-38H2,1-2H3,(H2,42,43,44)/b36-34-/t39-/m1/s1. The molecule has 1 atom stereocenters. The molecule has 286 valence electrons. The molecule has 0 aromatic rings. The molecular formula is C40H79O7P. The number of rotatable bonds is 39. The number of hydrogen-bond acceptors (Lipinski definition) is 5. The van der Waals surface area contributed by atoms with Crippen LogP contribution in [0.4, 0.5) is 0 Å². The van der Waals surface area contributed by atoms with Gasteiger partial charge in [-0.2, -0.15) is 0 Å². The summed E-state index contributed by atoms with van der Waals surface area (Å²) in [6.45, 7) is 4.13. The normalized spacial score (nSPS) is 12.6. The lowest BCUT2D eigenvalue weighted by Gasteiger charge is -2.18. The largest absolute Gasteiger partial charge is 0.498 e. The summed E-state index contributed by atoms with van der Waals surface area (Å²) < 4.78 is 26.7. The van der Waals surface area contributed by atoms with Crippen molar-refractivity contribution < 1.29 is 33.1 Å². The van der Waals surface area contributed by atoms with E-state index in [0.29, 0.717) is 6.42 Å².